The Morgan fingerprint density at radius 2 is 1.96 bits per heavy atom. The summed E-state index contributed by atoms with van der Waals surface area (Å²) in [6.45, 7) is 0. The molecule has 0 bridgehead atoms. The zero-order chi connectivity index (χ0) is 16.6. The molecular formula is C18H14Cl2O3. The van der Waals surface area contributed by atoms with Crippen LogP contribution in [0.25, 0.3) is 0 Å². The van der Waals surface area contributed by atoms with E-state index in [0.29, 0.717) is 34.0 Å². The Morgan fingerprint density at radius 1 is 1.17 bits per heavy atom. The predicted molar refractivity (Wildman–Crippen MR) is 89.6 cm³/mol. The summed E-state index contributed by atoms with van der Waals surface area (Å²) >= 11 is 12.2. The molecule has 2 aromatic rings. The van der Waals surface area contributed by atoms with Crippen LogP contribution in [0, 0.1) is 0 Å². The van der Waals surface area contributed by atoms with Crippen LogP contribution in [0.3, 0.4) is 0 Å². The number of ketones is 1. The second-order valence-corrected chi connectivity index (χ2v) is 6.33. The number of aryl methyl sites for hydroxylation is 1. The molecule has 0 N–H and O–H groups in total. The predicted octanol–water partition coefficient (Wildman–Crippen LogP) is 4.69. The van der Waals surface area contributed by atoms with Crippen LogP contribution in [-0.4, -0.2) is 18.9 Å². The zero-order valence-corrected chi connectivity index (χ0v) is 13.9. The minimum absolute atomic E-state index is 0.0203. The van der Waals surface area contributed by atoms with Crippen molar-refractivity contribution in [3.63, 3.8) is 0 Å². The van der Waals surface area contributed by atoms with Crippen molar-refractivity contribution >= 4 is 35.0 Å². The summed E-state index contributed by atoms with van der Waals surface area (Å²) in [4.78, 5) is 24.4. The highest BCUT2D eigenvalue weighted by molar-refractivity contribution is 6.35. The number of fused-ring (bicyclic) bond motifs is 1. The van der Waals surface area contributed by atoms with Gasteiger partial charge in [0, 0.05) is 21.5 Å². The number of carbonyl (C=O) groups is 2. The molecule has 1 aliphatic carbocycles. The molecule has 3 rings (SSSR count). The first-order valence-corrected chi connectivity index (χ1v) is 7.97. The van der Waals surface area contributed by atoms with Crippen molar-refractivity contribution in [3.8, 4) is 0 Å². The fourth-order valence-corrected chi connectivity index (χ4v) is 3.53. The van der Waals surface area contributed by atoms with E-state index in [1.165, 1.54) is 7.11 Å². The monoisotopic (exact) mass is 348 g/mol. The summed E-state index contributed by atoms with van der Waals surface area (Å²) in [5.74, 6) is -0.661. The number of methoxy groups -OCH3 is 1. The van der Waals surface area contributed by atoms with E-state index in [1.54, 1.807) is 36.4 Å². The molecule has 0 spiro atoms. The van der Waals surface area contributed by atoms with Crippen LogP contribution in [-0.2, 0) is 11.2 Å². The van der Waals surface area contributed by atoms with Gasteiger partial charge in [-0.25, -0.2) is 4.79 Å². The highest BCUT2D eigenvalue weighted by Gasteiger charge is 2.30. The Morgan fingerprint density at radius 3 is 2.65 bits per heavy atom. The van der Waals surface area contributed by atoms with Crippen molar-refractivity contribution in [1.29, 1.82) is 0 Å². The number of carbonyl (C=O) groups excluding carboxylic acids is 2. The van der Waals surface area contributed by atoms with E-state index in [9.17, 15) is 9.59 Å². The summed E-state index contributed by atoms with van der Waals surface area (Å²) in [7, 11) is 1.34. The van der Waals surface area contributed by atoms with E-state index in [2.05, 4.69) is 0 Å². The van der Waals surface area contributed by atoms with Gasteiger partial charge in [-0.2, -0.15) is 0 Å². The molecular weight excluding hydrogens is 335 g/mol. The lowest BCUT2D eigenvalue weighted by molar-refractivity contribution is 0.0600. The van der Waals surface area contributed by atoms with Crippen LogP contribution in [0.1, 0.15) is 44.2 Å². The summed E-state index contributed by atoms with van der Waals surface area (Å²) in [6.07, 6.45) is 1.35. The number of halogens is 2. The smallest absolute Gasteiger partial charge is 0.337 e. The number of hydrogen-bond donors (Lipinski definition) is 0. The largest absolute Gasteiger partial charge is 0.465 e. The van der Waals surface area contributed by atoms with Crippen molar-refractivity contribution in [2.75, 3.05) is 7.11 Å². The van der Waals surface area contributed by atoms with Crippen molar-refractivity contribution in [2.45, 2.75) is 18.8 Å². The van der Waals surface area contributed by atoms with Gasteiger partial charge in [0.15, 0.2) is 5.78 Å². The molecule has 0 saturated heterocycles. The topological polar surface area (TPSA) is 43.4 Å². The van der Waals surface area contributed by atoms with Crippen LogP contribution in [0.5, 0.6) is 0 Å². The molecule has 0 saturated carbocycles. The van der Waals surface area contributed by atoms with E-state index < -0.39 is 5.97 Å². The highest BCUT2D eigenvalue weighted by Crippen LogP contribution is 2.37. The van der Waals surface area contributed by atoms with Gasteiger partial charge in [0.1, 0.15) is 0 Å². The fourth-order valence-electron chi connectivity index (χ4n) is 2.99. The molecule has 1 atom stereocenters. The molecule has 1 aliphatic rings. The second kappa shape index (κ2) is 6.34. The third-order valence-corrected chi connectivity index (χ3v) is 4.71. The average Bonchev–Trinajstić information content (AvgIpc) is 2.55. The van der Waals surface area contributed by atoms with E-state index in [-0.39, 0.29) is 11.7 Å². The minimum Gasteiger partial charge on any atom is -0.465 e. The maximum Gasteiger partial charge on any atom is 0.337 e. The molecule has 0 amide bonds. The summed E-state index contributed by atoms with van der Waals surface area (Å²) < 4.78 is 4.72. The first-order chi connectivity index (χ1) is 11.0. The van der Waals surface area contributed by atoms with Crippen molar-refractivity contribution in [3.05, 3.63) is 68.7 Å². The normalized spacial score (nSPS) is 16.8. The Balaban J connectivity index is 1.96. The van der Waals surface area contributed by atoms with Crippen LogP contribution >= 0.6 is 23.2 Å². The summed E-state index contributed by atoms with van der Waals surface area (Å²) in [5, 5.41) is 1.05. The standard InChI is InChI=1S/C18H14Cl2O3/c1-23-18(22)11-3-5-13-10(8-11)2-6-15(17(13)21)14-7-4-12(19)9-16(14)20/h3-5,7-9,15H,2,6H2,1H3. The molecule has 2 aromatic carbocycles. The van der Waals surface area contributed by atoms with Gasteiger partial charge in [-0.1, -0.05) is 35.3 Å². The number of ether oxygens (including phenoxy) is 1. The number of Topliss-reactive ketones (excluding diaryl/α,β-unsaturated/α-hetero) is 1. The molecule has 1 unspecified atom stereocenters. The molecule has 3 nitrogen and oxygen atoms in total. The van der Waals surface area contributed by atoms with Crippen molar-refractivity contribution < 1.29 is 14.3 Å². The Bertz CT molecular complexity index is 799. The van der Waals surface area contributed by atoms with E-state index in [1.807, 2.05) is 0 Å². The lowest BCUT2D eigenvalue weighted by Gasteiger charge is -2.24. The van der Waals surface area contributed by atoms with Gasteiger partial charge in [0.2, 0.25) is 0 Å². The molecule has 5 heteroatoms. The first-order valence-electron chi connectivity index (χ1n) is 7.21. The molecule has 23 heavy (non-hydrogen) atoms. The van der Waals surface area contributed by atoms with Crippen molar-refractivity contribution in [2.24, 2.45) is 0 Å². The molecule has 0 aromatic heterocycles. The highest BCUT2D eigenvalue weighted by atomic mass is 35.5. The zero-order valence-electron chi connectivity index (χ0n) is 12.4. The van der Waals surface area contributed by atoms with Crippen molar-refractivity contribution in [1.82, 2.24) is 0 Å². The number of rotatable bonds is 2. The van der Waals surface area contributed by atoms with Crippen LogP contribution in [0.15, 0.2) is 36.4 Å². The maximum absolute atomic E-state index is 12.8. The quantitative estimate of drug-likeness (QED) is 0.739. The van der Waals surface area contributed by atoms with E-state index in [0.717, 1.165) is 11.1 Å². The van der Waals surface area contributed by atoms with Gasteiger partial charge >= 0.3 is 5.97 Å². The molecule has 0 heterocycles. The van der Waals surface area contributed by atoms with Gasteiger partial charge in [-0.15, -0.1) is 0 Å². The summed E-state index contributed by atoms with van der Waals surface area (Å²) in [5.41, 5.74) is 2.77. The lowest BCUT2D eigenvalue weighted by Crippen LogP contribution is -2.21. The third kappa shape index (κ3) is 2.99. The first kappa shape index (κ1) is 16.0. The van der Waals surface area contributed by atoms with E-state index in [4.69, 9.17) is 27.9 Å². The van der Waals surface area contributed by atoms with Gasteiger partial charge in [-0.05, 0) is 48.2 Å². The number of esters is 1. The Hall–Kier alpha value is -1.84. The molecule has 118 valence electrons. The SMILES string of the molecule is COC(=O)c1ccc2c(c1)CCC(c1ccc(Cl)cc1Cl)C2=O. The average molecular weight is 349 g/mol. The van der Waals surface area contributed by atoms with Crippen LogP contribution in [0.2, 0.25) is 10.0 Å². The number of benzene rings is 2. The van der Waals surface area contributed by atoms with E-state index >= 15 is 0 Å². The lowest BCUT2D eigenvalue weighted by atomic mass is 9.78. The Labute approximate surface area is 144 Å². The molecule has 0 radical (unpaired) electrons. The van der Waals surface area contributed by atoms with Gasteiger partial charge in [-0.3, -0.25) is 4.79 Å². The van der Waals surface area contributed by atoms with Gasteiger partial charge < -0.3 is 4.74 Å². The van der Waals surface area contributed by atoms with Gasteiger partial charge in [0.05, 0.1) is 12.7 Å². The second-order valence-electron chi connectivity index (χ2n) is 5.48. The molecule has 0 aliphatic heterocycles. The summed E-state index contributed by atoms with van der Waals surface area (Å²) in [6, 6.07) is 10.3. The van der Waals surface area contributed by atoms with Crippen LogP contribution in [0.4, 0.5) is 0 Å². The minimum atomic E-state index is -0.400. The maximum atomic E-state index is 12.8. The number of hydrogen-bond acceptors (Lipinski definition) is 3. The van der Waals surface area contributed by atoms with Gasteiger partial charge in [0.25, 0.3) is 0 Å². The Kier molecular flexibility index (Phi) is 4.42. The molecule has 0 fully saturated rings. The third-order valence-electron chi connectivity index (χ3n) is 4.15. The van der Waals surface area contributed by atoms with Crippen LogP contribution < -0.4 is 0 Å². The fraction of sp³-hybridized carbons (Fsp3) is 0.222.